The van der Waals surface area contributed by atoms with Crippen LogP contribution in [0.1, 0.15) is 20.7 Å². The smallest absolute Gasteiger partial charge is 0.261 e. The molecule has 0 aromatic heterocycles. The maximum atomic E-state index is 12.4. The molecular formula is C22H18ClN3O3S. The van der Waals surface area contributed by atoms with E-state index in [2.05, 4.69) is 16.0 Å². The lowest BCUT2D eigenvalue weighted by Crippen LogP contribution is -2.34. The topological polar surface area (TPSA) is 79.5 Å². The van der Waals surface area contributed by atoms with Gasteiger partial charge in [-0.15, -0.1) is 0 Å². The molecule has 152 valence electrons. The van der Waals surface area contributed by atoms with E-state index in [1.165, 1.54) is 7.11 Å². The highest BCUT2D eigenvalue weighted by Gasteiger charge is 2.13. The number of hydrogen-bond acceptors (Lipinski definition) is 4. The van der Waals surface area contributed by atoms with Gasteiger partial charge in [0.25, 0.3) is 11.8 Å². The van der Waals surface area contributed by atoms with Gasteiger partial charge < -0.3 is 15.4 Å². The van der Waals surface area contributed by atoms with Crippen LogP contribution in [0.3, 0.4) is 0 Å². The van der Waals surface area contributed by atoms with Crippen molar-refractivity contribution < 1.29 is 14.3 Å². The number of hydrogen-bond donors (Lipinski definition) is 3. The summed E-state index contributed by atoms with van der Waals surface area (Å²) in [7, 11) is 1.49. The number of thiocarbonyl (C=S) groups is 1. The zero-order valence-electron chi connectivity index (χ0n) is 15.9. The number of anilines is 2. The molecule has 3 rings (SSSR count). The summed E-state index contributed by atoms with van der Waals surface area (Å²) in [6, 6.07) is 20.5. The Morgan fingerprint density at radius 2 is 1.47 bits per heavy atom. The lowest BCUT2D eigenvalue weighted by molar-refractivity contribution is 0.0973. The summed E-state index contributed by atoms with van der Waals surface area (Å²) in [5.41, 5.74) is 1.88. The number of benzene rings is 3. The second-order valence-corrected chi connectivity index (χ2v) is 6.94. The van der Waals surface area contributed by atoms with E-state index in [1.807, 2.05) is 0 Å². The van der Waals surface area contributed by atoms with Crippen molar-refractivity contribution in [1.29, 1.82) is 0 Å². The molecule has 3 aromatic carbocycles. The Labute approximate surface area is 184 Å². The third kappa shape index (κ3) is 5.34. The fourth-order valence-electron chi connectivity index (χ4n) is 2.68. The van der Waals surface area contributed by atoms with Crippen LogP contribution in [0.25, 0.3) is 0 Å². The molecule has 30 heavy (non-hydrogen) atoms. The van der Waals surface area contributed by atoms with E-state index in [0.29, 0.717) is 33.3 Å². The molecule has 0 aliphatic carbocycles. The number of para-hydroxylation sites is 1. The fraction of sp³-hybridized carbons (Fsp3) is 0.0455. The predicted molar refractivity (Wildman–Crippen MR) is 123 cm³/mol. The molecule has 6 nitrogen and oxygen atoms in total. The lowest BCUT2D eigenvalue weighted by Gasteiger charge is -2.13. The van der Waals surface area contributed by atoms with Gasteiger partial charge in [0.05, 0.1) is 23.3 Å². The Balaban J connectivity index is 1.65. The van der Waals surface area contributed by atoms with E-state index in [0.717, 1.165) is 0 Å². The summed E-state index contributed by atoms with van der Waals surface area (Å²) < 4.78 is 5.19. The molecule has 0 bridgehead atoms. The van der Waals surface area contributed by atoms with Gasteiger partial charge in [-0.3, -0.25) is 14.9 Å². The monoisotopic (exact) mass is 439 g/mol. The second-order valence-electron chi connectivity index (χ2n) is 6.12. The minimum atomic E-state index is -0.395. The van der Waals surface area contributed by atoms with Crippen LogP contribution in [-0.4, -0.2) is 24.0 Å². The lowest BCUT2D eigenvalue weighted by atomic mass is 10.2. The van der Waals surface area contributed by atoms with Crippen LogP contribution >= 0.6 is 23.8 Å². The second kappa shape index (κ2) is 9.87. The molecule has 0 saturated carbocycles. The van der Waals surface area contributed by atoms with Crippen molar-refractivity contribution in [1.82, 2.24) is 5.32 Å². The van der Waals surface area contributed by atoms with Crippen molar-refractivity contribution in [2.45, 2.75) is 0 Å². The summed E-state index contributed by atoms with van der Waals surface area (Å²) in [6.45, 7) is 0. The van der Waals surface area contributed by atoms with Crippen molar-refractivity contribution in [2.24, 2.45) is 0 Å². The molecule has 0 fully saturated rings. The SMILES string of the molecule is COc1ccccc1C(=O)NC(=S)Nc1cccc(NC(=O)c2ccccc2Cl)c1. The first-order valence-corrected chi connectivity index (χ1v) is 9.68. The Morgan fingerprint density at radius 3 is 2.17 bits per heavy atom. The molecule has 0 spiro atoms. The molecular weight excluding hydrogens is 422 g/mol. The van der Waals surface area contributed by atoms with E-state index in [4.69, 9.17) is 28.6 Å². The van der Waals surface area contributed by atoms with Crippen LogP contribution in [0.2, 0.25) is 5.02 Å². The van der Waals surface area contributed by atoms with Crippen molar-refractivity contribution in [2.75, 3.05) is 17.7 Å². The van der Waals surface area contributed by atoms with Gasteiger partial charge in [-0.1, -0.05) is 41.9 Å². The Hall–Kier alpha value is -3.42. The first-order valence-electron chi connectivity index (χ1n) is 8.89. The summed E-state index contributed by atoms with van der Waals surface area (Å²) >= 11 is 11.3. The normalized spacial score (nSPS) is 10.1. The standard InChI is InChI=1S/C22H18ClN3O3S/c1-29-19-12-5-3-10-17(19)21(28)26-22(30)25-15-8-6-7-14(13-15)24-20(27)16-9-2-4-11-18(16)23/h2-13H,1H3,(H,24,27)(H2,25,26,28,30). The minimum Gasteiger partial charge on any atom is -0.496 e. The van der Waals surface area contributed by atoms with Gasteiger partial charge in [-0.05, 0) is 54.7 Å². The Kier molecular flexibility index (Phi) is 7.00. The van der Waals surface area contributed by atoms with Crippen LogP contribution in [0.4, 0.5) is 11.4 Å². The quantitative estimate of drug-likeness (QED) is 0.501. The number of halogens is 1. The number of ether oxygens (including phenoxy) is 1. The first kappa shape index (κ1) is 21.3. The van der Waals surface area contributed by atoms with Gasteiger partial charge in [-0.25, -0.2) is 0 Å². The van der Waals surface area contributed by atoms with Gasteiger partial charge in [0.2, 0.25) is 0 Å². The number of rotatable bonds is 5. The van der Waals surface area contributed by atoms with Crippen molar-refractivity contribution in [3.05, 3.63) is 88.9 Å². The van der Waals surface area contributed by atoms with Crippen molar-refractivity contribution >= 4 is 52.1 Å². The van der Waals surface area contributed by atoms with Crippen LogP contribution in [0.5, 0.6) is 5.75 Å². The maximum Gasteiger partial charge on any atom is 0.261 e. The summed E-state index contributed by atoms with van der Waals surface area (Å²) in [5, 5.41) is 8.80. The van der Waals surface area contributed by atoms with Crippen LogP contribution < -0.4 is 20.7 Å². The molecule has 0 aliphatic heterocycles. The van der Waals surface area contributed by atoms with Crippen LogP contribution in [0.15, 0.2) is 72.8 Å². The van der Waals surface area contributed by atoms with E-state index in [9.17, 15) is 9.59 Å². The molecule has 0 heterocycles. The molecule has 3 N–H and O–H groups in total. The fourth-order valence-corrected chi connectivity index (χ4v) is 3.12. The van der Waals surface area contributed by atoms with Crippen LogP contribution in [-0.2, 0) is 0 Å². The highest BCUT2D eigenvalue weighted by molar-refractivity contribution is 7.80. The van der Waals surface area contributed by atoms with Gasteiger partial charge >= 0.3 is 0 Å². The zero-order valence-corrected chi connectivity index (χ0v) is 17.5. The first-order chi connectivity index (χ1) is 14.5. The summed E-state index contributed by atoms with van der Waals surface area (Å²) in [6.07, 6.45) is 0. The van der Waals surface area contributed by atoms with Gasteiger partial charge in [0.1, 0.15) is 5.75 Å². The van der Waals surface area contributed by atoms with Gasteiger partial charge in [0, 0.05) is 11.4 Å². The van der Waals surface area contributed by atoms with Crippen molar-refractivity contribution in [3.63, 3.8) is 0 Å². The van der Waals surface area contributed by atoms with E-state index >= 15 is 0 Å². The number of carbonyl (C=O) groups is 2. The number of carbonyl (C=O) groups excluding carboxylic acids is 2. The maximum absolute atomic E-state index is 12.4. The molecule has 3 aromatic rings. The van der Waals surface area contributed by atoms with Gasteiger partial charge in [-0.2, -0.15) is 0 Å². The Bertz CT molecular complexity index is 1100. The van der Waals surface area contributed by atoms with Crippen LogP contribution in [0, 0.1) is 0 Å². The minimum absolute atomic E-state index is 0.112. The molecule has 0 aliphatic rings. The molecule has 0 atom stereocenters. The molecule has 2 amide bonds. The van der Waals surface area contributed by atoms with E-state index in [-0.39, 0.29) is 11.0 Å². The third-order valence-electron chi connectivity index (χ3n) is 4.08. The van der Waals surface area contributed by atoms with E-state index < -0.39 is 5.91 Å². The van der Waals surface area contributed by atoms with Crippen molar-refractivity contribution in [3.8, 4) is 5.75 Å². The molecule has 8 heteroatoms. The average Bonchev–Trinajstić information content (AvgIpc) is 2.74. The van der Waals surface area contributed by atoms with Gasteiger partial charge in [0.15, 0.2) is 5.11 Å². The molecule has 0 saturated heterocycles. The Morgan fingerprint density at radius 1 is 0.833 bits per heavy atom. The predicted octanol–water partition coefficient (Wildman–Crippen LogP) is 4.73. The highest BCUT2D eigenvalue weighted by atomic mass is 35.5. The summed E-state index contributed by atoms with van der Waals surface area (Å²) in [5.74, 6) is -0.278. The highest BCUT2D eigenvalue weighted by Crippen LogP contribution is 2.20. The number of nitrogens with one attached hydrogen (secondary N) is 3. The molecule has 0 radical (unpaired) electrons. The van der Waals surface area contributed by atoms with E-state index in [1.54, 1.807) is 72.8 Å². The molecule has 0 unspecified atom stereocenters. The number of methoxy groups -OCH3 is 1. The largest absolute Gasteiger partial charge is 0.496 e. The third-order valence-corrected chi connectivity index (χ3v) is 4.61. The average molecular weight is 440 g/mol. The zero-order chi connectivity index (χ0) is 21.5. The number of amides is 2. The summed E-state index contributed by atoms with van der Waals surface area (Å²) in [4.78, 5) is 24.9.